The topological polar surface area (TPSA) is 71.5 Å². The molecule has 1 aliphatic heterocycles. The van der Waals surface area contributed by atoms with E-state index in [0.29, 0.717) is 18.2 Å². The molecular formula is C29H31N3O3S. The highest BCUT2D eigenvalue weighted by Gasteiger charge is 2.39. The first-order valence-corrected chi connectivity index (χ1v) is 13.8. The van der Waals surface area contributed by atoms with Crippen LogP contribution in [-0.4, -0.2) is 34.8 Å². The van der Waals surface area contributed by atoms with E-state index in [4.69, 9.17) is 4.74 Å². The standard InChI is InChI=1S/C29H31N3O3S/c1-18-2-6-21(7-3-18)27-24-14-23(11-10-20(24)12-13-32(27)29(34)22-8-9-22)35-16-26-31-25(17-36-26)28(33)30-15-19-4-5-19/h2-3,6-7,10-11,14,17,19,22,27H,4-5,8-9,12-13,15-16H2,1H3,(H,30,33). The Hall–Kier alpha value is -3.19. The van der Waals surface area contributed by atoms with Crippen LogP contribution in [0.4, 0.5) is 0 Å². The van der Waals surface area contributed by atoms with Crippen LogP contribution in [0.5, 0.6) is 5.75 Å². The van der Waals surface area contributed by atoms with Crippen molar-refractivity contribution in [3.63, 3.8) is 0 Å². The Morgan fingerprint density at radius 1 is 1.11 bits per heavy atom. The second-order valence-electron chi connectivity index (χ2n) is 10.3. The maximum atomic E-state index is 13.2. The molecule has 1 atom stereocenters. The Bertz CT molecular complexity index is 1280. The van der Waals surface area contributed by atoms with Crippen molar-refractivity contribution >= 4 is 23.2 Å². The van der Waals surface area contributed by atoms with E-state index in [-0.39, 0.29) is 23.8 Å². The first kappa shape index (κ1) is 23.2. The molecule has 1 N–H and O–H groups in total. The average molecular weight is 502 g/mol. The number of hydrogen-bond donors (Lipinski definition) is 1. The lowest BCUT2D eigenvalue weighted by atomic mass is 9.87. The van der Waals surface area contributed by atoms with E-state index in [1.807, 2.05) is 6.07 Å². The van der Waals surface area contributed by atoms with Gasteiger partial charge in [0.2, 0.25) is 5.91 Å². The van der Waals surface area contributed by atoms with Crippen LogP contribution < -0.4 is 10.1 Å². The van der Waals surface area contributed by atoms with E-state index in [2.05, 4.69) is 58.5 Å². The Kier molecular flexibility index (Phi) is 6.25. The second kappa shape index (κ2) is 9.69. The summed E-state index contributed by atoms with van der Waals surface area (Å²) in [5.74, 6) is 1.73. The highest BCUT2D eigenvalue weighted by Crippen LogP contribution is 2.41. The van der Waals surface area contributed by atoms with E-state index >= 15 is 0 Å². The van der Waals surface area contributed by atoms with E-state index < -0.39 is 0 Å². The predicted octanol–water partition coefficient (Wildman–Crippen LogP) is 5.05. The van der Waals surface area contributed by atoms with Gasteiger partial charge in [0.1, 0.15) is 23.1 Å². The number of thiazole rings is 1. The van der Waals surface area contributed by atoms with Crippen LogP contribution >= 0.6 is 11.3 Å². The third-order valence-corrected chi connectivity index (χ3v) is 8.17. The zero-order valence-corrected chi connectivity index (χ0v) is 21.4. The molecule has 3 aliphatic rings. The number of aromatic nitrogens is 1. The maximum Gasteiger partial charge on any atom is 0.270 e. The number of carbonyl (C=O) groups is 2. The monoisotopic (exact) mass is 501 g/mol. The number of nitrogens with zero attached hydrogens (tertiary/aromatic N) is 2. The Balaban J connectivity index is 1.20. The van der Waals surface area contributed by atoms with Crippen molar-refractivity contribution in [1.82, 2.24) is 15.2 Å². The molecule has 3 aromatic rings. The fourth-order valence-corrected chi connectivity index (χ4v) is 5.55. The number of carbonyl (C=O) groups excluding carboxylic acids is 2. The molecule has 1 aromatic heterocycles. The van der Waals surface area contributed by atoms with Crippen LogP contribution in [0.3, 0.4) is 0 Å². The summed E-state index contributed by atoms with van der Waals surface area (Å²) < 4.78 is 6.13. The number of ether oxygens (including phenoxy) is 1. The van der Waals surface area contributed by atoms with E-state index in [1.54, 1.807) is 5.38 Å². The van der Waals surface area contributed by atoms with Gasteiger partial charge in [0.25, 0.3) is 5.91 Å². The minimum Gasteiger partial charge on any atom is -0.486 e. The number of rotatable bonds is 8. The zero-order chi connectivity index (χ0) is 24.6. The fourth-order valence-electron chi connectivity index (χ4n) is 4.87. The first-order valence-electron chi connectivity index (χ1n) is 12.9. The molecule has 6 nitrogen and oxygen atoms in total. The number of aryl methyl sites for hydroxylation is 1. The van der Waals surface area contributed by atoms with Crippen molar-refractivity contribution in [3.05, 3.63) is 80.8 Å². The SMILES string of the molecule is Cc1ccc(C2c3cc(OCc4nc(C(=O)NCC5CC5)cs4)ccc3CCN2C(=O)C2CC2)cc1. The van der Waals surface area contributed by atoms with Crippen molar-refractivity contribution in [1.29, 1.82) is 0 Å². The molecule has 0 bridgehead atoms. The smallest absolute Gasteiger partial charge is 0.270 e. The van der Waals surface area contributed by atoms with Gasteiger partial charge in [-0.2, -0.15) is 0 Å². The van der Waals surface area contributed by atoms with Gasteiger partial charge in [-0.15, -0.1) is 11.3 Å². The van der Waals surface area contributed by atoms with Crippen molar-refractivity contribution in [2.75, 3.05) is 13.1 Å². The second-order valence-corrected chi connectivity index (χ2v) is 11.2. The number of amides is 2. The quantitative estimate of drug-likeness (QED) is 0.469. The molecule has 2 aliphatic carbocycles. The first-order chi connectivity index (χ1) is 17.5. The third kappa shape index (κ3) is 5.03. The zero-order valence-electron chi connectivity index (χ0n) is 20.5. The van der Waals surface area contributed by atoms with E-state index in [9.17, 15) is 9.59 Å². The van der Waals surface area contributed by atoms with E-state index in [0.717, 1.165) is 54.2 Å². The Labute approximate surface area is 215 Å². The van der Waals surface area contributed by atoms with Gasteiger partial charge >= 0.3 is 0 Å². The molecule has 0 radical (unpaired) electrons. The summed E-state index contributed by atoms with van der Waals surface area (Å²) in [6.07, 6.45) is 5.26. The summed E-state index contributed by atoms with van der Waals surface area (Å²) in [6.45, 7) is 3.86. The van der Waals surface area contributed by atoms with Crippen LogP contribution in [0.25, 0.3) is 0 Å². The number of benzene rings is 2. The molecule has 7 heteroatoms. The van der Waals surface area contributed by atoms with Gasteiger partial charge in [-0.05, 0) is 73.8 Å². The minimum absolute atomic E-state index is 0.104. The lowest BCUT2D eigenvalue weighted by Crippen LogP contribution is -2.41. The third-order valence-electron chi connectivity index (χ3n) is 7.34. The number of fused-ring (bicyclic) bond motifs is 1. The van der Waals surface area contributed by atoms with Crippen molar-refractivity contribution < 1.29 is 14.3 Å². The molecule has 2 saturated carbocycles. The lowest BCUT2D eigenvalue weighted by Gasteiger charge is -2.38. The predicted molar refractivity (Wildman–Crippen MR) is 139 cm³/mol. The van der Waals surface area contributed by atoms with Gasteiger partial charge in [0, 0.05) is 24.4 Å². The molecule has 2 heterocycles. The summed E-state index contributed by atoms with van der Waals surface area (Å²) in [5, 5.41) is 5.53. The molecule has 0 saturated heterocycles. The highest BCUT2D eigenvalue weighted by molar-refractivity contribution is 7.09. The summed E-state index contributed by atoms with van der Waals surface area (Å²) in [4.78, 5) is 32.1. The highest BCUT2D eigenvalue weighted by atomic mass is 32.1. The van der Waals surface area contributed by atoms with Crippen molar-refractivity contribution in [2.45, 2.75) is 51.7 Å². The summed E-state index contributed by atoms with van der Waals surface area (Å²) in [7, 11) is 0. The number of hydrogen-bond acceptors (Lipinski definition) is 5. The fraction of sp³-hybridized carbons (Fsp3) is 0.414. The molecule has 1 unspecified atom stereocenters. The average Bonchev–Trinajstić information content (AvgIpc) is 3.84. The summed E-state index contributed by atoms with van der Waals surface area (Å²) in [6, 6.07) is 14.6. The van der Waals surface area contributed by atoms with Crippen LogP contribution in [-0.2, 0) is 17.8 Å². The molecule has 6 rings (SSSR count). The molecule has 2 fully saturated rings. The van der Waals surface area contributed by atoms with E-state index in [1.165, 1.54) is 35.3 Å². The van der Waals surface area contributed by atoms with Gasteiger partial charge in [-0.3, -0.25) is 9.59 Å². The van der Waals surface area contributed by atoms with Gasteiger partial charge in [0.05, 0.1) is 6.04 Å². The van der Waals surface area contributed by atoms with Gasteiger partial charge in [-0.1, -0.05) is 35.9 Å². The normalized spacial score (nSPS) is 19.0. The van der Waals surface area contributed by atoms with Crippen LogP contribution in [0.2, 0.25) is 0 Å². The molecular weight excluding hydrogens is 470 g/mol. The van der Waals surface area contributed by atoms with Crippen LogP contribution in [0.1, 0.15) is 69.5 Å². The van der Waals surface area contributed by atoms with Gasteiger partial charge in [-0.25, -0.2) is 4.98 Å². The van der Waals surface area contributed by atoms with Crippen LogP contribution in [0, 0.1) is 18.8 Å². The molecule has 2 amide bonds. The largest absolute Gasteiger partial charge is 0.486 e. The molecule has 36 heavy (non-hydrogen) atoms. The van der Waals surface area contributed by atoms with Crippen LogP contribution in [0.15, 0.2) is 47.8 Å². The van der Waals surface area contributed by atoms with Crippen molar-refractivity contribution in [3.8, 4) is 5.75 Å². The maximum absolute atomic E-state index is 13.2. The molecule has 2 aromatic carbocycles. The van der Waals surface area contributed by atoms with Crippen molar-refractivity contribution in [2.24, 2.45) is 11.8 Å². The molecule has 186 valence electrons. The lowest BCUT2D eigenvalue weighted by molar-refractivity contribution is -0.134. The van der Waals surface area contributed by atoms with Gasteiger partial charge in [0.15, 0.2) is 0 Å². The molecule has 0 spiro atoms. The number of nitrogens with one attached hydrogen (secondary N) is 1. The van der Waals surface area contributed by atoms with Gasteiger partial charge < -0.3 is 15.0 Å². The Morgan fingerprint density at radius 2 is 1.92 bits per heavy atom. The summed E-state index contributed by atoms with van der Waals surface area (Å²) in [5.41, 5.74) is 5.19. The Morgan fingerprint density at radius 3 is 2.67 bits per heavy atom. The summed E-state index contributed by atoms with van der Waals surface area (Å²) >= 11 is 1.44. The minimum atomic E-state index is -0.112.